The van der Waals surface area contributed by atoms with Gasteiger partial charge >= 0.3 is 5.25 Å². The largest absolute Gasteiger partial charge is 0.357 e. The number of hydrogen-bond acceptors (Lipinski definition) is 2. The molecule has 1 heterocycles. The van der Waals surface area contributed by atoms with E-state index in [0.29, 0.717) is 24.2 Å². The minimum Gasteiger partial charge on any atom is -0.357 e. The highest BCUT2D eigenvalue weighted by atomic mass is 32.2. The second-order valence-electron chi connectivity index (χ2n) is 4.11. The van der Waals surface area contributed by atoms with E-state index in [9.17, 15) is 17.6 Å². The molecule has 0 aliphatic carbocycles. The van der Waals surface area contributed by atoms with Crippen LogP contribution in [0.15, 0.2) is 18.2 Å². The van der Waals surface area contributed by atoms with E-state index in [1.807, 2.05) is 0 Å². The number of epoxide rings is 1. The minimum atomic E-state index is -3.22. The molecule has 6 heteroatoms. The van der Waals surface area contributed by atoms with Gasteiger partial charge in [-0.1, -0.05) is 18.7 Å². The number of alkyl halides is 2. The molecule has 0 amide bonds. The second kappa shape index (κ2) is 4.74. The molecule has 0 N–H and O–H groups in total. The van der Waals surface area contributed by atoms with E-state index in [-0.39, 0.29) is 17.9 Å². The highest BCUT2D eigenvalue weighted by Gasteiger charge is 2.66. The van der Waals surface area contributed by atoms with Crippen molar-refractivity contribution in [3.8, 4) is 0 Å². The first kappa shape index (κ1) is 13.7. The lowest BCUT2D eigenvalue weighted by molar-refractivity contribution is 0.00780. The van der Waals surface area contributed by atoms with Crippen LogP contribution in [0.2, 0.25) is 0 Å². The van der Waals surface area contributed by atoms with Crippen molar-refractivity contribution in [3.63, 3.8) is 0 Å². The molecule has 1 nitrogen and oxygen atoms in total. The van der Waals surface area contributed by atoms with Crippen molar-refractivity contribution in [3.05, 3.63) is 35.4 Å². The molecule has 1 aliphatic heterocycles. The van der Waals surface area contributed by atoms with Crippen LogP contribution in [0.4, 0.5) is 17.6 Å². The number of hydrogen-bond donors (Lipinski definition) is 0. The molecule has 1 aromatic carbocycles. The van der Waals surface area contributed by atoms with Crippen LogP contribution in [0.3, 0.4) is 0 Å². The van der Waals surface area contributed by atoms with Crippen LogP contribution < -0.4 is 0 Å². The zero-order valence-electron chi connectivity index (χ0n) is 9.68. The van der Waals surface area contributed by atoms with Gasteiger partial charge in [-0.15, -0.1) is 0 Å². The third-order valence-electron chi connectivity index (χ3n) is 2.76. The molecule has 1 aliphatic rings. The van der Waals surface area contributed by atoms with Gasteiger partial charge in [0.25, 0.3) is 0 Å². The van der Waals surface area contributed by atoms with E-state index in [1.165, 1.54) is 0 Å². The highest BCUT2D eigenvalue weighted by molar-refractivity contribution is 8.00. The quantitative estimate of drug-likeness (QED) is 0.598. The zero-order chi connectivity index (χ0) is 13.4. The van der Waals surface area contributed by atoms with Crippen LogP contribution in [-0.2, 0) is 10.3 Å². The third kappa shape index (κ3) is 2.23. The molecule has 100 valence electrons. The summed E-state index contributed by atoms with van der Waals surface area (Å²) in [7, 11) is 0. The van der Waals surface area contributed by atoms with Gasteiger partial charge in [0.1, 0.15) is 11.6 Å². The van der Waals surface area contributed by atoms with Crippen LogP contribution in [0.25, 0.3) is 0 Å². The van der Waals surface area contributed by atoms with E-state index in [2.05, 4.69) is 0 Å². The van der Waals surface area contributed by atoms with E-state index in [0.717, 1.165) is 12.1 Å². The summed E-state index contributed by atoms with van der Waals surface area (Å²) >= 11 is 0.437. The Morgan fingerprint density at radius 1 is 1.39 bits per heavy atom. The highest BCUT2D eigenvalue weighted by Crippen LogP contribution is 2.56. The number of thioether (sulfide) groups is 1. The SMILES string of the molecule is CCCSC(F)(F)C1(c2ccc(F)cc2F)CO1. The van der Waals surface area contributed by atoms with E-state index in [1.54, 1.807) is 6.92 Å². The molecule has 0 spiro atoms. The van der Waals surface area contributed by atoms with Gasteiger partial charge in [0, 0.05) is 11.6 Å². The first-order valence-corrected chi connectivity index (χ1v) is 6.53. The van der Waals surface area contributed by atoms with Gasteiger partial charge in [-0.2, -0.15) is 8.78 Å². The summed E-state index contributed by atoms with van der Waals surface area (Å²) in [5, 5.41) is -3.22. The molecule has 2 rings (SSSR count). The zero-order valence-corrected chi connectivity index (χ0v) is 10.5. The Bertz CT molecular complexity index is 446. The lowest BCUT2D eigenvalue weighted by atomic mass is 9.99. The summed E-state index contributed by atoms with van der Waals surface area (Å²) in [6.07, 6.45) is 0.586. The third-order valence-corrected chi connectivity index (χ3v) is 4.06. The molecule has 0 radical (unpaired) electrons. The molecule has 0 saturated carbocycles. The minimum absolute atomic E-state index is 0.251. The van der Waals surface area contributed by atoms with Crippen molar-refractivity contribution in [1.82, 2.24) is 0 Å². The van der Waals surface area contributed by atoms with Crippen molar-refractivity contribution in [2.45, 2.75) is 24.2 Å². The number of ether oxygens (including phenoxy) is 1. The molecule has 1 saturated heterocycles. The lowest BCUT2D eigenvalue weighted by Gasteiger charge is -2.23. The Morgan fingerprint density at radius 3 is 2.56 bits per heavy atom. The van der Waals surface area contributed by atoms with Gasteiger partial charge in [-0.3, -0.25) is 0 Å². The second-order valence-corrected chi connectivity index (χ2v) is 5.31. The van der Waals surface area contributed by atoms with Gasteiger partial charge in [-0.25, -0.2) is 8.78 Å². The summed E-state index contributed by atoms with van der Waals surface area (Å²) in [4.78, 5) is 0. The first-order chi connectivity index (χ1) is 8.43. The summed E-state index contributed by atoms with van der Waals surface area (Å²) in [5.74, 6) is -1.54. The molecule has 0 bridgehead atoms. The van der Waals surface area contributed by atoms with E-state index < -0.39 is 22.5 Å². The fraction of sp³-hybridized carbons (Fsp3) is 0.500. The van der Waals surface area contributed by atoms with E-state index in [4.69, 9.17) is 4.74 Å². The molecule has 18 heavy (non-hydrogen) atoms. The summed E-state index contributed by atoms with van der Waals surface area (Å²) < 4.78 is 59.2. The van der Waals surface area contributed by atoms with Crippen LogP contribution in [0.5, 0.6) is 0 Å². The Labute approximate surface area is 107 Å². The standard InChI is InChI=1S/C12H12F4OS/c1-2-5-18-12(15,16)11(7-17-11)9-4-3-8(13)6-10(9)14/h3-4,6H,2,5,7H2,1H3. The molecule has 1 atom stereocenters. The Morgan fingerprint density at radius 2 is 2.06 bits per heavy atom. The van der Waals surface area contributed by atoms with Crippen LogP contribution in [-0.4, -0.2) is 17.6 Å². The maximum absolute atomic E-state index is 14.0. The van der Waals surface area contributed by atoms with Gasteiger partial charge < -0.3 is 4.74 Å². The van der Waals surface area contributed by atoms with Gasteiger partial charge in [0.15, 0.2) is 5.60 Å². The molecule has 1 fully saturated rings. The summed E-state index contributed by atoms with van der Waals surface area (Å²) in [6.45, 7) is 1.53. The average molecular weight is 280 g/mol. The van der Waals surface area contributed by atoms with Crippen molar-refractivity contribution < 1.29 is 22.3 Å². The Kier molecular flexibility index (Phi) is 3.60. The summed E-state index contributed by atoms with van der Waals surface area (Å²) in [5.41, 5.74) is -2.22. The van der Waals surface area contributed by atoms with Crippen molar-refractivity contribution in [2.24, 2.45) is 0 Å². The number of halogens is 4. The fourth-order valence-corrected chi connectivity index (χ4v) is 2.64. The molecular formula is C12H12F4OS. The number of rotatable bonds is 5. The van der Waals surface area contributed by atoms with Gasteiger partial charge in [0.2, 0.25) is 0 Å². The van der Waals surface area contributed by atoms with Gasteiger partial charge in [-0.05, 0) is 24.3 Å². The predicted octanol–water partition coefficient (Wildman–Crippen LogP) is 3.93. The topological polar surface area (TPSA) is 12.5 Å². The average Bonchev–Trinajstić information content (AvgIpc) is 3.08. The van der Waals surface area contributed by atoms with Gasteiger partial charge in [0.05, 0.1) is 6.61 Å². The maximum Gasteiger partial charge on any atom is 0.328 e. The van der Waals surface area contributed by atoms with E-state index >= 15 is 0 Å². The van der Waals surface area contributed by atoms with Crippen LogP contribution in [0, 0.1) is 11.6 Å². The smallest absolute Gasteiger partial charge is 0.328 e. The van der Waals surface area contributed by atoms with Crippen molar-refractivity contribution >= 4 is 11.8 Å². The van der Waals surface area contributed by atoms with Crippen molar-refractivity contribution in [1.29, 1.82) is 0 Å². The molecule has 1 aromatic rings. The lowest BCUT2D eigenvalue weighted by Crippen LogP contribution is -2.33. The summed E-state index contributed by atoms with van der Waals surface area (Å²) in [6, 6.07) is 2.58. The molecular weight excluding hydrogens is 268 g/mol. The van der Waals surface area contributed by atoms with Crippen LogP contribution >= 0.6 is 11.8 Å². The first-order valence-electron chi connectivity index (χ1n) is 5.54. The molecule has 1 unspecified atom stereocenters. The Balaban J connectivity index is 2.31. The van der Waals surface area contributed by atoms with Crippen molar-refractivity contribution in [2.75, 3.05) is 12.4 Å². The van der Waals surface area contributed by atoms with Crippen LogP contribution in [0.1, 0.15) is 18.9 Å². The Hall–Kier alpha value is -0.750. The maximum atomic E-state index is 14.0. The molecule has 0 aromatic heterocycles. The predicted molar refractivity (Wildman–Crippen MR) is 61.7 cm³/mol. The number of benzene rings is 1. The normalized spacial score (nSPS) is 23.2. The monoisotopic (exact) mass is 280 g/mol. The fourth-order valence-electron chi connectivity index (χ4n) is 1.72.